The Morgan fingerprint density at radius 3 is 2.24 bits per heavy atom. The zero-order chi connectivity index (χ0) is 23.4. The maximum atomic E-state index is 14.5. The van der Waals surface area contributed by atoms with Crippen molar-refractivity contribution < 1.29 is 22.7 Å². The van der Waals surface area contributed by atoms with Gasteiger partial charge in [0.1, 0.15) is 5.82 Å². The fourth-order valence-electron chi connectivity index (χ4n) is 4.28. The number of benzene rings is 4. The number of fused-ring (bicyclic) bond motifs is 2. The van der Waals surface area contributed by atoms with Crippen molar-refractivity contribution >= 4 is 21.7 Å². The summed E-state index contributed by atoms with van der Waals surface area (Å²) in [6, 6.07) is 19.3. The third kappa shape index (κ3) is 3.27. The molecule has 1 unspecified atom stereocenters. The summed E-state index contributed by atoms with van der Waals surface area (Å²) in [5, 5.41) is 16.9. The van der Waals surface area contributed by atoms with Crippen LogP contribution in [0.2, 0.25) is 0 Å². The van der Waals surface area contributed by atoms with Gasteiger partial charge in [0.2, 0.25) is 5.60 Å². The minimum absolute atomic E-state index is 0.235. The molecule has 0 aliphatic rings. The minimum atomic E-state index is -4.98. The maximum Gasteiger partial charge on any atom is 0.425 e. The van der Waals surface area contributed by atoms with Crippen molar-refractivity contribution in [3.8, 4) is 5.69 Å². The normalized spacial score (nSPS) is 14.0. The highest BCUT2D eigenvalue weighted by molar-refractivity contribution is 5.90. The summed E-state index contributed by atoms with van der Waals surface area (Å²) in [6.07, 6.45) is -3.56. The molecular formula is C26H18F4N2O. The Kier molecular flexibility index (Phi) is 4.76. The van der Waals surface area contributed by atoms with E-state index < -0.39 is 17.6 Å². The largest absolute Gasteiger partial charge is 0.425 e. The van der Waals surface area contributed by atoms with E-state index in [1.807, 2.05) is 6.92 Å². The third-order valence-electron chi connectivity index (χ3n) is 6.00. The average Bonchev–Trinajstić information content (AvgIpc) is 3.22. The van der Waals surface area contributed by atoms with Gasteiger partial charge in [-0.1, -0.05) is 42.5 Å². The van der Waals surface area contributed by atoms with Gasteiger partial charge in [0.15, 0.2) is 0 Å². The molecule has 1 atom stereocenters. The monoisotopic (exact) mass is 450 g/mol. The zero-order valence-corrected chi connectivity index (χ0v) is 17.4. The lowest BCUT2D eigenvalue weighted by Crippen LogP contribution is -2.43. The van der Waals surface area contributed by atoms with Crippen LogP contribution in [0.5, 0.6) is 0 Å². The van der Waals surface area contributed by atoms with Crippen molar-refractivity contribution in [2.75, 3.05) is 0 Å². The molecule has 1 aromatic heterocycles. The first-order chi connectivity index (χ1) is 15.7. The van der Waals surface area contributed by atoms with E-state index >= 15 is 0 Å². The summed E-state index contributed by atoms with van der Waals surface area (Å²) in [7, 11) is 0. The van der Waals surface area contributed by atoms with Crippen LogP contribution in [0.25, 0.3) is 27.4 Å². The molecule has 33 heavy (non-hydrogen) atoms. The molecule has 0 spiro atoms. The number of hydrogen-bond donors (Lipinski definition) is 1. The van der Waals surface area contributed by atoms with Crippen molar-refractivity contribution in [2.45, 2.75) is 18.7 Å². The molecule has 0 bridgehead atoms. The van der Waals surface area contributed by atoms with Crippen molar-refractivity contribution in [1.29, 1.82) is 0 Å². The standard InChI is InChI=1S/C26H18F4N2O/c1-16-6-12-23(22-5-3-2-4-21(16)22)25(33,26(28,29)30)18-7-13-24-17(14-18)15-31-32(24)20-10-8-19(27)9-11-20/h2-15,33H,1H3. The molecule has 1 N–H and O–H groups in total. The topological polar surface area (TPSA) is 38.1 Å². The molecule has 3 nitrogen and oxygen atoms in total. The molecule has 0 aliphatic heterocycles. The molecule has 1 heterocycles. The first-order valence-corrected chi connectivity index (χ1v) is 10.2. The van der Waals surface area contributed by atoms with E-state index in [2.05, 4.69) is 5.10 Å². The SMILES string of the molecule is Cc1ccc(C(O)(c2ccc3c(cnn3-c3ccc(F)cc3)c2)C(F)(F)F)c2ccccc12. The van der Waals surface area contributed by atoms with Gasteiger partial charge >= 0.3 is 6.18 Å². The van der Waals surface area contributed by atoms with Crippen molar-refractivity contribution in [2.24, 2.45) is 0 Å². The van der Waals surface area contributed by atoms with Gasteiger partial charge in [0.25, 0.3) is 0 Å². The zero-order valence-electron chi connectivity index (χ0n) is 17.4. The Labute approximate surface area is 186 Å². The molecule has 7 heteroatoms. The van der Waals surface area contributed by atoms with Gasteiger partial charge in [-0.3, -0.25) is 0 Å². The molecule has 0 aliphatic carbocycles. The Hall–Kier alpha value is -3.71. The number of alkyl halides is 3. The lowest BCUT2D eigenvalue weighted by Gasteiger charge is -2.33. The van der Waals surface area contributed by atoms with E-state index in [1.54, 1.807) is 30.3 Å². The van der Waals surface area contributed by atoms with Crippen LogP contribution in [0, 0.1) is 12.7 Å². The summed E-state index contributed by atoms with van der Waals surface area (Å²) in [5.74, 6) is -0.405. The maximum absolute atomic E-state index is 14.5. The van der Waals surface area contributed by atoms with E-state index in [9.17, 15) is 22.7 Å². The molecule has 166 valence electrons. The van der Waals surface area contributed by atoms with Crippen LogP contribution in [-0.4, -0.2) is 21.1 Å². The van der Waals surface area contributed by atoms with Crippen LogP contribution in [0.1, 0.15) is 16.7 Å². The third-order valence-corrected chi connectivity index (χ3v) is 6.00. The van der Waals surface area contributed by atoms with Crippen molar-refractivity contribution in [3.05, 3.63) is 108 Å². The smallest absolute Gasteiger partial charge is 0.372 e. The van der Waals surface area contributed by atoms with Gasteiger partial charge in [0.05, 0.1) is 17.4 Å². The Morgan fingerprint density at radius 1 is 0.848 bits per heavy atom. The van der Waals surface area contributed by atoms with Crippen LogP contribution in [0.3, 0.4) is 0 Å². The second-order valence-corrected chi connectivity index (χ2v) is 7.99. The predicted molar refractivity (Wildman–Crippen MR) is 119 cm³/mol. The minimum Gasteiger partial charge on any atom is -0.372 e. The number of aryl methyl sites for hydroxylation is 1. The van der Waals surface area contributed by atoms with Crippen molar-refractivity contribution in [1.82, 2.24) is 9.78 Å². The van der Waals surface area contributed by atoms with Gasteiger partial charge in [-0.25, -0.2) is 9.07 Å². The van der Waals surface area contributed by atoms with Gasteiger partial charge in [-0.2, -0.15) is 18.3 Å². The fourth-order valence-corrected chi connectivity index (χ4v) is 4.28. The second-order valence-electron chi connectivity index (χ2n) is 7.99. The molecule has 5 rings (SSSR count). The van der Waals surface area contributed by atoms with E-state index in [0.717, 1.165) is 5.56 Å². The highest BCUT2D eigenvalue weighted by atomic mass is 19.4. The number of rotatable bonds is 3. The molecule has 0 radical (unpaired) electrons. The molecule has 0 saturated heterocycles. The molecular weight excluding hydrogens is 432 g/mol. The van der Waals surface area contributed by atoms with Gasteiger partial charge < -0.3 is 5.11 Å². The predicted octanol–water partition coefficient (Wildman–Crippen LogP) is 6.42. The van der Waals surface area contributed by atoms with Gasteiger partial charge in [0, 0.05) is 10.9 Å². The summed E-state index contributed by atoms with van der Waals surface area (Å²) < 4.78 is 58.3. The lowest BCUT2D eigenvalue weighted by atomic mass is 9.82. The number of aromatic nitrogens is 2. The Morgan fingerprint density at radius 2 is 1.55 bits per heavy atom. The molecule has 0 fully saturated rings. The van der Waals surface area contributed by atoms with E-state index in [4.69, 9.17) is 0 Å². The van der Waals surface area contributed by atoms with E-state index in [1.165, 1.54) is 59.4 Å². The van der Waals surface area contributed by atoms with Crippen molar-refractivity contribution in [3.63, 3.8) is 0 Å². The Bertz CT molecular complexity index is 1490. The number of hydrogen-bond acceptors (Lipinski definition) is 2. The number of nitrogens with zero attached hydrogens (tertiary/aromatic N) is 2. The fraction of sp³-hybridized carbons (Fsp3) is 0.115. The molecule has 0 amide bonds. The highest BCUT2D eigenvalue weighted by Crippen LogP contribution is 2.47. The van der Waals surface area contributed by atoms with Crippen LogP contribution < -0.4 is 0 Å². The van der Waals surface area contributed by atoms with Crippen LogP contribution in [-0.2, 0) is 5.60 Å². The van der Waals surface area contributed by atoms with Crippen LogP contribution in [0.4, 0.5) is 17.6 Å². The Balaban J connectivity index is 1.72. The quantitative estimate of drug-likeness (QED) is 0.322. The second kappa shape index (κ2) is 7.42. The summed E-state index contributed by atoms with van der Waals surface area (Å²) in [4.78, 5) is 0. The molecule has 4 aromatic carbocycles. The first-order valence-electron chi connectivity index (χ1n) is 10.2. The van der Waals surface area contributed by atoms with Crippen LogP contribution in [0.15, 0.2) is 85.1 Å². The molecule has 0 saturated carbocycles. The van der Waals surface area contributed by atoms with Crippen LogP contribution >= 0.6 is 0 Å². The summed E-state index contributed by atoms with van der Waals surface area (Å²) >= 11 is 0. The number of halogens is 4. The van der Waals surface area contributed by atoms with Gasteiger partial charge in [-0.15, -0.1) is 0 Å². The lowest BCUT2D eigenvalue weighted by molar-refractivity contribution is -0.247. The van der Waals surface area contributed by atoms with Gasteiger partial charge in [-0.05, 0) is 65.2 Å². The molecule has 5 aromatic rings. The summed E-state index contributed by atoms with van der Waals surface area (Å²) in [6.45, 7) is 1.81. The number of aliphatic hydroxyl groups is 1. The van der Waals surface area contributed by atoms with E-state index in [-0.39, 0.29) is 11.1 Å². The highest BCUT2D eigenvalue weighted by Gasteiger charge is 2.57. The average molecular weight is 450 g/mol. The first kappa shape index (κ1) is 21.2. The summed E-state index contributed by atoms with van der Waals surface area (Å²) in [5.41, 5.74) is -1.86. The van der Waals surface area contributed by atoms with E-state index in [0.29, 0.717) is 27.4 Å².